The Balaban J connectivity index is 2.68. The van der Waals surface area contributed by atoms with Gasteiger partial charge < -0.3 is 9.84 Å². The molecule has 1 aliphatic rings. The minimum atomic E-state index is -0.270. The van der Waals surface area contributed by atoms with E-state index in [9.17, 15) is 9.90 Å². The number of rotatable bonds is 0. The largest absolute Gasteiger partial charge is 0.508 e. The number of hydrogen-bond acceptors (Lipinski definition) is 3. The Morgan fingerprint density at radius 1 is 1.40 bits per heavy atom. The van der Waals surface area contributed by atoms with Crippen LogP contribution < -0.4 is 4.74 Å². The van der Waals surface area contributed by atoms with Crippen LogP contribution in [0.15, 0.2) is 12.1 Å². The highest BCUT2D eigenvalue weighted by Crippen LogP contribution is 2.43. The van der Waals surface area contributed by atoms with Crippen molar-refractivity contribution in [2.75, 3.05) is 0 Å². The first kappa shape index (κ1) is 10.0. The van der Waals surface area contributed by atoms with Gasteiger partial charge in [0, 0.05) is 11.0 Å². The number of aromatic hydroxyl groups is 1. The van der Waals surface area contributed by atoms with Gasteiger partial charge in [0.1, 0.15) is 11.5 Å². The van der Waals surface area contributed by atoms with E-state index in [0.29, 0.717) is 12.2 Å². The lowest BCUT2D eigenvalue weighted by Crippen LogP contribution is -2.31. The van der Waals surface area contributed by atoms with E-state index in [2.05, 4.69) is 0 Å². The van der Waals surface area contributed by atoms with Gasteiger partial charge in [-0.25, -0.2) is 0 Å². The first-order valence-electron chi connectivity index (χ1n) is 4.95. The SMILES string of the molecule is Cc1c(O)ccc2c1C(C)(C)CC(=O)O2. The summed E-state index contributed by atoms with van der Waals surface area (Å²) < 4.78 is 5.15. The molecule has 2 rings (SSSR count). The zero-order chi connectivity index (χ0) is 11.2. The van der Waals surface area contributed by atoms with Crippen LogP contribution in [0.2, 0.25) is 0 Å². The highest BCUT2D eigenvalue weighted by atomic mass is 16.5. The molecule has 0 bridgehead atoms. The summed E-state index contributed by atoms with van der Waals surface area (Å²) in [5.41, 5.74) is 1.46. The summed E-state index contributed by atoms with van der Waals surface area (Å²) in [6, 6.07) is 3.21. The molecule has 1 heterocycles. The smallest absolute Gasteiger partial charge is 0.312 e. The molecule has 1 aromatic rings. The molecule has 0 saturated heterocycles. The van der Waals surface area contributed by atoms with Gasteiger partial charge in [-0.3, -0.25) is 4.79 Å². The molecule has 0 amide bonds. The number of phenols is 1. The Hall–Kier alpha value is -1.51. The fourth-order valence-electron chi connectivity index (χ4n) is 2.21. The van der Waals surface area contributed by atoms with Crippen LogP contribution in [0.4, 0.5) is 0 Å². The molecule has 0 fully saturated rings. The van der Waals surface area contributed by atoms with Crippen molar-refractivity contribution in [1.29, 1.82) is 0 Å². The van der Waals surface area contributed by atoms with Crippen LogP contribution in [0.3, 0.4) is 0 Å². The number of hydrogen-bond donors (Lipinski definition) is 1. The molecule has 3 heteroatoms. The van der Waals surface area contributed by atoms with Crippen molar-refractivity contribution in [3.63, 3.8) is 0 Å². The third kappa shape index (κ3) is 1.48. The highest BCUT2D eigenvalue weighted by molar-refractivity contribution is 5.78. The monoisotopic (exact) mass is 206 g/mol. The van der Waals surface area contributed by atoms with Gasteiger partial charge in [-0.2, -0.15) is 0 Å². The maximum Gasteiger partial charge on any atom is 0.312 e. The summed E-state index contributed by atoms with van der Waals surface area (Å²) >= 11 is 0. The van der Waals surface area contributed by atoms with E-state index >= 15 is 0 Å². The molecule has 15 heavy (non-hydrogen) atoms. The van der Waals surface area contributed by atoms with Crippen molar-refractivity contribution >= 4 is 5.97 Å². The summed E-state index contributed by atoms with van der Waals surface area (Å²) in [6.07, 6.45) is 0.351. The van der Waals surface area contributed by atoms with Gasteiger partial charge in [-0.1, -0.05) is 13.8 Å². The Morgan fingerprint density at radius 3 is 2.73 bits per heavy atom. The van der Waals surface area contributed by atoms with Crippen molar-refractivity contribution in [2.45, 2.75) is 32.6 Å². The van der Waals surface area contributed by atoms with E-state index < -0.39 is 0 Å². The zero-order valence-electron chi connectivity index (χ0n) is 9.13. The standard InChI is InChI=1S/C12H14O3/c1-7-8(13)4-5-9-11(7)12(2,3)6-10(14)15-9/h4-5,13H,6H2,1-3H3. The molecule has 0 aliphatic carbocycles. The molecule has 0 radical (unpaired) electrons. The third-order valence-corrected chi connectivity index (χ3v) is 2.89. The third-order valence-electron chi connectivity index (χ3n) is 2.89. The van der Waals surface area contributed by atoms with Crippen molar-refractivity contribution in [2.24, 2.45) is 0 Å². The second-order valence-corrected chi connectivity index (χ2v) is 4.62. The van der Waals surface area contributed by atoms with Gasteiger partial charge in [0.15, 0.2) is 0 Å². The number of esters is 1. The molecule has 1 N–H and O–H groups in total. The number of benzene rings is 1. The van der Waals surface area contributed by atoms with Crippen LogP contribution in [-0.4, -0.2) is 11.1 Å². The van der Waals surface area contributed by atoms with Gasteiger partial charge in [-0.05, 0) is 24.6 Å². The van der Waals surface area contributed by atoms with E-state index in [-0.39, 0.29) is 17.1 Å². The van der Waals surface area contributed by atoms with Crippen molar-refractivity contribution in [3.05, 3.63) is 23.3 Å². The molecular weight excluding hydrogens is 192 g/mol. The molecule has 80 valence electrons. The van der Waals surface area contributed by atoms with Gasteiger partial charge in [0.2, 0.25) is 0 Å². The van der Waals surface area contributed by atoms with Crippen molar-refractivity contribution in [1.82, 2.24) is 0 Å². The second kappa shape index (κ2) is 2.99. The van der Waals surface area contributed by atoms with E-state index in [1.54, 1.807) is 12.1 Å². The summed E-state index contributed by atoms with van der Waals surface area (Å²) in [4.78, 5) is 11.4. The Bertz CT molecular complexity index is 433. The van der Waals surface area contributed by atoms with Gasteiger partial charge >= 0.3 is 5.97 Å². The summed E-state index contributed by atoms with van der Waals surface area (Å²) in [5.74, 6) is 0.615. The lowest BCUT2D eigenvalue weighted by atomic mass is 9.77. The zero-order valence-corrected chi connectivity index (χ0v) is 9.13. The van der Waals surface area contributed by atoms with Gasteiger partial charge in [0.05, 0.1) is 6.42 Å². The van der Waals surface area contributed by atoms with E-state index in [1.807, 2.05) is 20.8 Å². The normalized spacial score (nSPS) is 18.2. The molecule has 0 aromatic heterocycles. The average Bonchev–Trinajstić information content (AvgIpc) is 2.08. The first-order chi connectivity index (χ1) is 6.92. The van der Waals surface area contributed by atoms with E-state index in [4.69, 9.17) is 4.74 Å². The fourth-order valence-corrected chi connectivity index (χ4v) is 2.21. The molecule has 3 nitrogen and oxygen atoms in total. The number of phenolic OH excluding ortho intramolecular Hbond substituents is 1. The highest BCUT2D eigenvalue weighted by Gasteiger charge is 2.35. The van der Waals surface area contributed by atoms with E-state index in [1.165, 1.54) is 0 Å². The molecule has 0 atom stereocenters. The minimum Gasteiger partial charge on any atom is -0.508 e. The number of fused-ring (bicyclic) bond motifs is 1. The van der Waals surface area contributed by atoms with Gasteiger partial charge in [-0.15, -0.1) is 0 Å². The molecule has 0 spiro atoms. The van der Waals surface area contributed by atoms with Crippen molar-refractivity contribution in [3.8, 4) is 11.5 Å². The van der Waals surface area contributed by atoms with Crippen LogP contribution >= 0.6 is 0 Å². The quantitative estimate of drug-likeness (QED) is 0.523. The summed E-state index contributed by atoms with van der Waals surface area (Å²) in [5, 5.41) is 9.63. The van der Waals surface area contributed by atoms with Crippen molar-refractivity contribution < 1.29 is 14.6 Å². The average molecular weight is 206 g/mol. The number of ether oxygens (including phenoxy) is 1. The Morgan fingerprint density at radius 2 is 2.07 bits per heavy atom. The van der Waals surface area contributed by atoms with E-state index in [0.717, 1.165) is 11.1 Å². The predicted molar refractivity (Wildman–Crippen MR) is 56.1 cm³/mol. The van der Waals surface area contributed by atoms with Crippen LogP contribution in [0.25, 0.3) is 0 Å². The second-order valence-electron chi connectivity index (χ2n) is 4.62. The summed E-state index contributed by atoms with van der Waals surface area (Å²) in [6.45, 7) is 5.81. The van der Waals surface area contributed by atoms with Gasteiger partial charge in [0.25, 0.3) is 0 Å². The lowest BCUT2D eigenvalue weighted by Gasteiger charge is -2.32. The van der Waals surface area contributed by atoms with Crippen LogP contribution in [-0.2, 0) is 10.2 Å². The van der Waals surface area contributed by atoms with Crippen LogP contribution in [0.5, 0.6) is 11.5 Å². The van der Waals surface area contributed by atoms with Crippen LogP contribution in [0.1, 0.15) is 31.4 Å². The maximum atomic E-state index is 11.4. The Labute approximate surface area is 88.7 Å². The lowest BCUT2D eigenvalue weighted by molar-refractivity contribution is -0.136. The predicted octanol–water partition coefficient (Wildman–Crippen LogP) is 2.29. The molecule has 0 saturated carbocycles. The topological polar surface area (TPSA) is 46.5 Å². The minimum absolute atomic E-state index is 0.211. The Kier molecular flexibility index (Phi) is 2.00. The first-order valence-corrected chi connectivity index (χ1v) is 4.95. The van der Waals surface area contributed by atoms with Crippen LogP contribution in [0, 0.1) is 6.92 Å². The fraction of sp³-hybridized carbons (Fsp3) is 0.417. The maximum absolute atomic E-state index is 11.4. The molecule has 1 aromatic carbocycles. The molecular formula is C12H14O3. The summed E-state index contributed by atoms with van der Waals surface area (Å²) in [7, 11) is 0. The molecule has 0 unspecified atom stereocenters. The molecule has 1 aliphatic heterocycles. The number of carbonyl (C=O) groups is 1. The number of carbonyl (C=O) groups excluding carboxylic acids is 1.